The minimum Gasteiger partial charge on any atom is -0.311 e. The molecule has 2 atom stereocenters. The molecule has 6 nitrogen and oxygen atoms in total. The van der Waals surface area contributed by atoms with E-state index in [-0.39, 0.29) is 22.1 Å². The highest BCUT2D eigenvalue weighted by molar-refractivity contribution is 7.89. The monoisotopic (exact) mass is 292 g/mol. The second kappa shape index (κ2) is 4.80. The Morgan fingerprint density at radius 2 is 2.17 bits per heavy atom. The van der Waals surface area contributed by atoms with E-state index in [1.54, 1.807) is 7.05 Å². The van der Waals surface area contributed by atoms with E-state index in [1.807, 2.05) is 13.8 Å². The van der Waals surface area contributed by atoms with Crippen LogP contribution in [0.5, 0.6) is 0 Å². The van der Waals surface area contributed by atoms with Crippen molar-refractivity contribution in [2.75, 3.05) is 13.1 Å². The van der Waals surface area contributed by atoms with E-state index in [4.69, 9.17) is 11.6 Å². The van der Waals surface area contributed by atoms with E-state index in [0.29, 0.717) is 13.1 Å². The molecule has 1 fully saturated rings. The number of sulfonamides is 1. The Morgan fingerprint density at radius 1 is 1.50 bits per heavy atom. The zero-order valence-electron chi connectivity index (χ0n) is 10.6. The highest BCUT2D eigenvalue weighted by Gasteiger charge is 2.36. The van der Waals surface area contributed by atoms with Gasteiger partial charge in [-0.1, -0.05) is 11.6 Å². The number of piperazine rings is 1. The molecule has 0 radical (unpaired) electrons. The van der Waals surface area contributed by atoms with E-state index in [1.165, 1.54) is 15.2 Å². The summed E-state index contributed by atoms with van der Waals surface area (Å²) in [6, 6.07) is 0.0279. The van der Waals surface area contributed by atoms with Crippen molar-refractivity contribution in [3.05, 3.63) is 11.2 Å². The molecule has 1 aliphatic heterocycles. The fourth-order valence-corrected chi connectivity index (χ4v) is 4.45. The summed E-state index contributed by atoms with van der Waals surface area (Å²) in [7, 11) is -2.02. The van der Waals surface area contributed by atoms with Crippen molar-refractivity contribution in [1.82, 2.24) is 19.4 Å². The van der Waals surface area contributed by atoms with Crippen molar-refractivity contribution in [3.8, 4) is 0 Å². The van der Waals surface area contributed by atoms with Crippen molar-refractivity contribution in [3.63, 3.8) is 0 Å². The second-order valence-corrected chi connectivity index (χ2v) is 6.87. The van der Waals surface area contributed by atoms with Gasteiger partial charge >= 0.3 is 0 Å². The average molecular weight is 293 g/mol. The van der Waals surface area contributed by atoms with Crippen LogP contribution in [0.15, 0.2) is 11.2 Å². The van der Waals surface area contributed by atoms with Crippen LogP contribution < -0.4 is 5.32 Å². The molecule has 1 aliphatic rings. The Bertz CT molecular complexity index is 523. The summed E-state index contributed by atoms with van der Waals surface area (Å²) in [5, 5.41) is 7.35. The van der Waals surface area contributed by atoms with Crippen molar-refractivity contribution < 1.29 is 8.42 Å². The number of nitrogens with zero attached hydrogens (tertiary/aromatic N) is 3. The van der Waals surface area contributed by atoms with Crippen LogP contribution in [0.3, 0.4) is 0 Å². The lowest BCUT2D eigenvalue weighted by molar-refractivity contribution is 0.243. The molecular formula is C10H17ClN4O2S. The molecular weight excluding hydrogens is 276 g/mol. The van der Waals surface area contributed by atoms with Crippen LogP contribution in [0.2, 0.25) is 5.02 Å². The molecule has 2 unspecified atom stereocenters. The van der Waals surface area contributed by atoms with E-state index >= 15 is 0 Å². The molecule has 0 spiro atoms. The first-order chi connectivity index (χ1) is 8.34. The van der Waals surface area contributed by atoms with Gasteiger partial charge in [-0.15, -0.1) is 0 Å². The Balaban J connectivity index is 2.42. The van der Waals surface area contributed by atoms with Crippen molar-refractivity contribution in [1.29, 1.82) is 0 Å². The molecule has 1 aromatic rings. The van der Waals surface area contributed by atoms with Crippen LogP contribution in [0.4, 0.5) is 0 Å². The zero-order chi connectivity index (χ0) is 13.5. The molecule has 0 saturated carbocycles. The normalized spacial score (nSPS) is 26.4. The number of nitrogens with one attached hydrogen (secondary N) is 1. The largest absolute Gasteiger partial charge is 0.311 e. The summed E-state index contributed by atoms with van der Waals surface area (Å²) in [4.78, 5) is 0. The van der Waals surface area contributed by atoms with E-state index in [9.17, 15) is 8.42 Å². The third-order valence-corrected chi connectivity index (χ3v) is 5.59. The molecule has 1 aromatic heterocycles. The molecule has 1 saturated heterocycles. The van der Waals surface area contributed by atoms with Crippen LogP contribution in [-0.4, -0.2) is 47.7 Å². The molecule has 0 aliphatic carbocycles. The van der Waals surface area contributed by atoms with E-state index in [0.717, 1.165) is 0 Å². The first-order valence-electron chi connectivity index (χ1n) is 5.76. The molecule has 2 rings (SSSR count). The number of aryl methyl sites for hydroxylation is 1. The van der Waals surface area contributed by atoms with Gasteiger partial charge in [-0.05, 0) is 13.8 Å². The molecule has 0 aromatic carbocycles. The van der Waals surface area contributed by atoms with Gasteiger partial charge in [0.2, 0.25) is 0 Å². The molecule has 0 amide bonds. The quantitative estimate of drug-likeness (QED) is 0.859. The maximum Gasteiger partial charge on any atom is 0.262 e. The van der Waals surface area contributed by atoms with Crippen molar-refractivity contribution >= 4 is 21.6 Å². The Morgan fingerprint density at radius 3 is 2.72 bits per heavy atom. The van der Waals surface area contributed by atoms with E-state index in [2.05, 4.69) is 10.4 Å². The van der Waals surface area contributed by atoms with Crippen molar-refractivity contribution in [2.45, 2.75) is 31.0 Å². The molecule has 8 heteroatoms. The number of rotatable bonds is 2. The molecule has 102 valence electrons. The number of aromatic nitrogens is 2. The lowest BCUT2D eigenvalue weighted by Crippen LogP contribution is -2.56. The smallest absolute Gasteiger partial charge is 0.262 e. The van der Waals surface area contributed by atoms with Gasteiger partial charge in [-0.3, -0.25) is 4.68 Å². The minimum absolute atomic E-state index is 0.0603. The highest BCUT2D eigenvalue weighted by Crippen LogP contribution is 2.26. The summed E-state index contributed by atoms with van der Waals surface area (Å²) in [5.41, 5.74) is 0. The predicted octanol–water partition coefficient (Wildman–Crippen LogP) is 0.444. The summed E-state index contributed by atoms with van der Waals surface area (Å²) in [6.07, 6.45) is 1.35. The Labute approximate surface area is 112 Å². The minimum atomic E-state index is -3.60. The third-order valence-electron chi connectivity index (χ3n) is 3.10. The molecule has 0 bridgehead atoms. The van der Waals surface area contributed by atoms with Gasteiger partial charge in [0.05, 0.1) is 11.2 Å². The zero-order valence-corrected chi connectivity index (χ0v) is 12.2. The van der Waals surface area contributed by atoms with Crippen molar-refractivity contribution in [2.24, 2.45) is 7.05 Å². The number of hydrogen-bond acceptors (Lipinski definition) is 4. The van der Waals surface area contributed by atoms with Gasteiger partial charge in [-0.25, -0.2) is 8.42 Å². The third kappa shape index (κ3) is 2.27. The van der Waals surface area contributed by atoms with Gasteiger partial charge in [0.25, 0.3) is 10.0 Å². The first kappa shape index (κ1) is 13.8. The van der Waals surface area contributed by atoms with Gasteiger partial charge in [0.1, 0.15) is 0 Å². The van der Waals surface area contributed by atoms with Gasteiger partial charge in [0.15, 0.2) is 5.03 Å². The summed E-state index contributed by atoms with van der Waals surface area (Å²) < 4.78 is 28.0. The fraction of sp³-hybridized carbons (Fsp3) is 0.700. The lowest BCUT2D eigenvalue weighted by Gasteiger charge is -2.36. The number of hydrogen-bond donors (Lipinski definition) is 1. The number of halogens is 1. The molecule has 2 heterocycles. The second-order valence-electron chi connectivity index (χ2n) is 4.65. The SMILES string of the molecule is CC1CN(S(=O)(=O)c2c(Cl)cnn2C)C(C)CN1. The van der Waals surface area contributed by atoms with Gasteiger partial charge < -0.3 is 5.32 Å². The topological polar surface area (TPSA) is 67.2 Å². The van der Waals surface area contributed by atoms with E-state index < -0.39 is 10.0 Å². The van der Waals surface area contributed by atoms with Gasteiger partial charge in [0, 0.05) is 32.2 Å². The standard InChI is InChI=1S/C10H17ClN4O2S/c1-7-6-15(8(2)4-12-7)18(16,17)10-9(11)5-13-14(10)3/h5,7-8,12H,4,6H2,1-3H3. The first-order valence-corrected chi connectivity index (χ1v) is 7.58. The van der Waals surface area contributed by atoms with Crippen LogP contribution in [0.1, 0.15) is 13.8 Å². The Kier molecular flexibility index (Phi) is 3.68. The molecule has 1 N–H and O–H groups in total. The maximum atomic E-state index is 12.6. The fourth-order valence-electron chi connectivity index (χ4n) is 2.12. The lowest BCUT2D eigenvalue weighted by atomic mass is 10.2. The van der Waals surface area contributed by atoms with Gasteiger partial charge in [-0.2, -0.15) is 9.40 Å². The van der Waals surface area contributed by atoms with Crippen LogP contribution in [0.25, 0.3) is 0 Å². The summed E-state index contributed by atoms with van der Waals surface area (Å²) in [6.45, 7) is 4.90. The van der Waals surface area contributed by atoms with Crippen LogP contribution >= 0.6 is 11.6 Å². The summed E-state index contributed by atoms with van der Waals surface area (Å²) >= 11 is 5.93. The predicted molar refractivity (Wildman–Crippen MR) is 69.0 cm³/mol. The molecule has 18 heavy (non-hydrogen) atoms. The van der Waals surface area contributed by atoms with Crippen LogP contribution in [-0.2, 0) is 17.1 Å². The highest BCUT2D eigenvalue weighted by atomic mass is 35.5. The average Bonchev–Trinajstić information content (AvgIpc) is 2.62. The maximum absolute atomic E-state index is 12.6. The van der Waals surface area contributed by atoms with Crippen LogP contribution in [0, 0.1) is 0 Å². The summed E-state index contributed by atoms with van der Waals surface area (Å²) in [5.74, 6) is 0. The Hall–Kier alpha value is -0.630.